The van der Waals surface area contributed by atoms with Crippen molar-refractivity contribution in [2.75, 3.05) is 7.11 Å². The van der Waals surface area contributed by atoms with Crippen LogP contribution in [0.25, 0.3) is 10.9 Å². The van der Waals surface area contributed by atoms with E-state index in [0.29, 0.717) is 32.8 Å². The van der Waals surface area contributed by atoms with Crippen LogP contribution in [-0.2, 0) is 0 Å². The maximum atomic E-state index is 13.0. The van der Waals surface area contributed by atoms with Gasteiger partial charge in [-0.1, -0.05) is 48.0 Å². The molecule has 150 valence electrons. The van der Waals surface area contributed by atoms with E-state index < -0.39 is 6.04 Å². The number of ether oxygens (including phenoxy) is 1. The molecule has 4 rings (SSSR count). The number of rotatable bonds is 5. The molecule has 1 amide bonds. The van der Waals surface area contributed by atoms with E-state index in [4.69, 9.17) is 16.3 Å². The summed E-state index contributed by atoms with van der Waals surface area (Å²) < 4.78 is 5.22. The van der Waals surface area contributed by atoms with E-state index in [-0.39, 0.29) is 11.7 Å². The zero-order valence-corrected chi connectivity index (χ0v) is 16.9. The van der Waals surface area contributed by atoms with E-state index >= 15 is 0 Å². The molecule has 2 N–H and O–H groups in total. The number of phenolic OH excluding ortho intramolecular Hbond substituents is 1. The molecule has 0 spiro atoms. The predicted molar refractivity (Wildman–Crippen MR) is 117 cm³/mol. The Morgan fingerprint density at radius 1 is 1.07 bits per heavy atom. The topological polar surface area (TPSA) is 71.5 Å². The van der Waals surface area contributed by atoms with Crippen molar-refractivity contribution in [2.45, 2.75) is 6.04 Å². The van der Waals surface area contributed by atoms with E-state index in [1.54, 1.807) is 55.8 Å². The Labute approximate surface area is 178 Å². The second-order valence-corrected chi connectivity index (χ2v) is 7.15. The van der Waals surface area contributed by atoms with Gasteiger partial charge in [0.25, 0.3) is 5.91 Å². The third-order valence-corrected chi connectivity index (χ3v) is 5.21. The number of hydrogen-bond acceptors (Lipinski definition) is 4. The first-order chi connectivity index (χ1) is 14.6. The van der Waals surface area contributed by atoms with Gasteiger partial charge >= 0.3 is 0 Å². The van der Waals surface area contributed by atoms with Gasteiger partial charge in [0.15, 0.2) is 0 Å². The highest BCUT2D eigenvalue weighted by Gasteiger charge is 2.24. The third kappa shape index (κ3) is 3.80. The fourth-order valence-corrected chi connectivity index (χ4v) is 3.66. The number of carbonyl (C=O) groups excluding carboxylic acids is 1. The monoisotopic (exact) mass is 418 g/mol. The van der Waals surface area contributed by atoms with Crippen LogP contribution in [0.1, 0.15) is 27.5 Å². The van der Waals surface area contributed by atoms with Gasteiger partial charge in [0.1, 0.15) is 17.0 Å². The number of pyridine rings is 1. The standard InChI is InChI=1S/C24H19ClN2O3/c1-30-17-10-5-9-16(13-17)24(29)27-21(15-7-3-2-4-8-15)19-14-20(25)18-11-6-12-26-22(18)23(19)28/h2-14,21,28H,1H3,(H,27,29). The fraction of sp³-hybridized carbons (Fsp3) is 0.0833. The van der Waals surface area contributed by atoms with Crippen LogP contribution in [0.4, 0.5) is 0 Å². The molecule has 0 aliphatic rings. The Balaban J connectivity index is 1.81. The number of halogens is 1. The summed E-state index contributed by atoms with van der Waals surface area (Å²) in [6.45, 7) is 0. The lowest BCUT2D eigenvalue weighted by Crippen LogP contribution is -2.29. The van der Waals surface area contributed by atoms with Crippen molar-refractivity contribution in [3.8, 4) is 11.5 Å². The van der Waals surface area contributed by atoms with Gasteiger partial charge in [-0.3, -0.25) is 9.78 Å². The molecule has 0 aliphatic carbocycles. The van der Waals surface area contributed by atoms with Crippen molar-refractivity contribution in [1.82, 2.24) is 10.3 Å². The molecule has 5 nitrogen and oxygen atoms in total. The second kappa shape index (κ2) is 8.43. The number of hydrogen-bond donors (Lipinski definition) is 2. The van der Waals surface area contributed by atoms with Gasteiger partial charge in [0.2, 0.25) is 0 Å². The lowest BCUT2D eigenvalue weighted by atomic mass is 9.95. The summed E-state index contributed by atoms with van der Waals surface area (Å²) in [7, 11) is 1.55. The summed E-state index contributed by atoms with van der Waals surface area (Å²) >= 11 is 6.48. The SMILES string of the molecule is COc1cccc(C(=O)NC(c2ccccc2)c2cc(Cl)c3cccnc3c2O)c1. The first-order valence-electron chi connectivity index (χ1n) is 9.34. The number of fused-ring (bicyclic) bond motifs is 1. The minimum atomic E-state index is -0.631. The maximum Gasteiger partial charge on any atom is 0.252 e. The number of aromatic nitrogens is 1. The summed E-state index contributed by atoms with van der Waals surface area (Å²) in [5, 5.41) is 15.1. The van der Waals surface area contributed by atoms with Crippen LogP contribution < -0.4 is 10.1 Å². The Morgan fingerprint density at radius 3 is 2.63 bits per heavy atom. The number of amides is 1. The van der Waals surface area contributed by atoms with Gasteiger partial charge in [-0.2, -0.15) is 0 Å². The lowest BCUT2D eigenvalue weighted by molar-refractivity contribution is 0.0942. The highest BCUT2D eigenvalue weighted by Crippen LogP contribution is 2.38. The van der Waals surface area contributed by atoms with Crippen molar-refractivity contribution in [2.24, 2.45) is 0 Å². The van der Waals surface area contributed by atoms with Gasteiger partial charge in [-0.05, 0) is 42.0 Å². The Morgan fingerprint density at radius 2 is 1.87 bits per heavy atom. The van der Waals surface area contributed by atoms with Gasteiger partial charge in [0.05, 0.1) is 18.2 Å². The van der Waals surface area contributed by atoms with E-state index in [1.165, 1.54) is 0 Å². The minimum Gasteiger partial charge on any atom is -0.505 e. The van der Waals surface area contributed by atoms with Gasteiger partial charge in [-0.25, -0.2) is 0 Å². The Kier molecular flexibility index (Phi) is 5.55. The molecule has 1 unspecified atom stereocenters. The summed E-state index contributed by atoms with van der Waals surface area (Å²) in [5.74, 6) is 0.258. The van der Waals surface area contributed by atoms with Gasteiger partial charge in [0, 0.05) is 22.7 Å². The van der Waals surface area contributed by atoms with Crippen LogP contribution in [-0.4, -0.2) is 23.1 Å². The molecule has 1 heterocycles. The molecule has 1 aromatic heterocycles. The third-order valence-electron chi connectivity index (χ3n) is 4.90. The number of nitrogens with one attached hydrogen (secondary N) is 1. The molecule has 30 heavy (non-hydrogen) atoms. The molecule has 1 atom stereocenters. The van der Waals surface area contributed by atoms with Crippen molar-refractivity contribution < 1.29 is 14.6 Å². The molecule has 0 radical (unpaired) electrons. The summed E-state index contributed by atoms with van der Waals surface area (Å²) in [6, 6.07) is 20.9. The number of phenols is 1. The number of nitrogens with zero attached hydrogens (tertiary/aromatic N) is 1. The van der Waals surface area contributed by atoms with Crippen LogP contribution in [0.15, 0.2) is 79.0 Å². The largest absolute Gasteiger partial charge is 0.505 e. The molecule has 0 aliphatic heterocycles. The first kappa shape index (κ1) is 19.7. The molecule has 0 saturated carbocycles. The second-order valence-electron chi connectivity index (χ2n) is 6.74. The number of carbonyl (C=O) groups is 1. The molecule has 0 saturated heterocycles. The van der Waals surface area contributed by atoms with Gasteiger partial charge in [-0.15, -0.1) is 0 Å². The Bertz CT molecular complexity index is 1210. The number of benzene rings is 3. The molecular weight excluding hydrogens is 400 g/mol. The Hall–Kier alpha value is -3.57. The highest BCUT2D eigenvalue weighted by molar-refractivity contribution is 6.35. The van der Waals surface area contributed by atoms with Crippen molar-refractivity contribution >= 4 is 28.4 Å². The zero-order chi connectivity index (χ0) is 21.1. The molecule has 4 aromatic rings. The quantitative estimate of drug-likeness (QED) is 0.471. The summed E-state index contributed by atoms with van der Waals surface area (Å²) in [6.07, 6.45) is 1.59. The molecule has 0 bridgehead atoms. The van der Waals surface area contributed by atoms with Gasteiger partial charge < -0.3 is 15.2 Å². The average Bonchev–Trinajstić information content (AvgIpc) is 2.80. The average molecular weight is 419 g/mol. The van der Waals surface area contributed by atoms with E-state index in [1.807, 2.05) is 30.3 Å². The zero-order valence-electron chi connectivity index (χ0n) is 16.2. The van der Waals surface area contributed by atoms with Crippen LogP contribution in [0.5, 0.6) is 11.5 Å². The van der Waals surface area contributed by atoms with Crippen LogP contribution in [0.2, 0.25) is 5.02 Å². The van der Waals surface area contributed by atoms with Crippen LogP contribution >= 0.6 is 11.6 Å². The fourth-order valence-electron chi connectivity index (χ4n) is 3.39. The molecule has 6 heteroatoms. The predicted octanol–water partition coefficient (Wildman–Crippen LogP) is 5.12. The maximum absolute atomic E-state index is 13.0. The molecule has 3 aromatic carbocycles. The van der Waals surface area contributed by atoms with E-state index in [2.05, 4.69) is 10.3 Å². The van der Waals surface area contributed by atoms with Crippen LogP contribution in [0, 0.1) is 0 Å². The lowest BCUT2D eigenvalue weighted by Gasteiger charge is -2.22. The number of methoxy groups -OCH3 is 1. The normalized spacial score (nSPS) is 11.8. The summed E-state index contributed by atoms with van der Waals surface area (Å²) in [4.78, 5) is 17.3. The minimum absolute atomic E-state index is 0.0187. The molecule has 0 fully saturated rings. The smallest absolute Gasteiger partial charge is 0.252 e. The van der Waals surface area contributed by atoms with E-state index in [0.717, 1.165) is 5.56 Å². The first-order valence-corrected chi connectivity index (χ1v) is 9.72. The highest BCUT2D eigenvalue weighted by atomic mass is 35.5. The van der Waals surface area contributed by atoms with Crippen molar-refractivity contribution in [3.05, 3.63) is 101 Å². The van der Waals surface area contributed by atoms with E-state index in [9.17, 15) is 9.90 Å². The van der Waals surface area contributed by atoms with Crippen LogP contribution in [0.3, 0.4) is 0 Å². The molecular formula is C24H19ClN2O3. The summed E-state index contributed by atoms with van der Waals surface area (Å²) in [5.41, 5.74) is 2.10. The van der Waals surface area contributed by atoms with Crippen molar-refractivity contribution in [1.29, 1.82) is 0 Å². The van der Waals surface area contributed by atoms with Crippen molar-refractivity contribution in [3.63, 3.8) is 0 Å². The number of aromatic hydroxyl groups is 1.